The van der Waals surface area contributed by atoms with Crippen LogP contribution in [0.15, 0.2) is 71.6 Å². The molecule has 0 aliphatic carbocycles. The van der Waals surface area contributed by atoms with Gasteiger partial charge in [-0.25, -0.2) is 8.42 Å². The van der Waals surface area contributed by atoms with Crippen molar-refractivity contribution in [3.63, 3.8) is 0 Å². The summed E-state index contributed by atoms with van der Waals surface area (Å²) in [7, 11) is -3.97. The van der Waals surface area contributed by atoms with E-state index >= 15 is 0 Å². The summed E-state index contributed by atoms with van der Waals surface area (Å²) in [6.07, 6.45) is 1.48. The van der Waals surface area contributed by atoms with Crippen LogP contribution in [0.3, 0.4) is 0 Å². The number of nitrogens with one attached hydrogen (secondary N) is 1. The lowest BCUT2D eigenvalue weighted by atomic mass is 10.1. The maximum absolute atomic E-state index is 13.6. The Hall–Kier alpha value is -3.65. The van der Waals surface area contributed by atoms with Crippen LogP contribution in [0, 0.1) is 20.8 Å². The third-order valence-corrected chi connectivity index (χ3v) is 8.20. The molecular formula is C29H33N3O4S. The van der Waals surface area contributed by atoms with Gasteiger partial charge in [-0.1, -0.05) is 48.0 Å². The van der Waals surface area contributed by atoms with E-state index in [9.17, 15) is 18.0 Å². The average Bonchev–Trinajstić information content (AvgIpc) is 3.25. The first kappa shape index (κ1) is 26.4. The zero-order chi connectivity index (χ0) is 26.6. The van der Waals surface area contributed by atoms with Gasteiger partial charge in [0.15, 0.2) is 0 Å². The molecule has 7 nitrogen and oxygen atoms in total. The molecule has 4 rings (SSSR count). The van der Waals surface area contributed by atoms with Crippen LogP contribution < -0.4 is 9.62 Å². The van der Waals surface area contributed by atoms with Crippen LogP contribution in [0.1, 0.15) is 40.7 Å². The Bertz CT molecular complexity index is 1380. The van der Waals surface area contributed by atoms with Gasteiger partial charge in [-0.05, 0) is 73.7 Å². The molecule has 1 N–H and O–H groups in total. The van der Waals surface area contributed by atoms with E-state index in [4.69, 9.17) is 0 Å². The second-order valence-electron chi connectivity index (χ2n) is 9.69. The molecular weight excluding hydrogens is 486 g/mol. The van der Waals surface area contributed by atoms with Crippen LogP contribution >= 0.6 is 0 Å². The Morgan fingerprint density at radius 2 is 1.59 bits per heavy atom. The van der Waals surface area contributed by atoms with Crippen LogP contribution in [0.25, 0.3) is 0 Å². The summed E-state index contributed by atoms with van der Waals surface area (Å²) in [5.74, 6) is -0.241. The number of carbonyl (C=O) groups is 2. The summed E-state index contributed by atoms with van der Waals surface area (Å²) in [5.41, 5.74) is 5.11. The summed E-state index contributed by atoms with van der Waals surface area (Å²) < 4.78 is 28.4. The Morgan fingerprint density at radius 3 is 2.24 bits per heavy atom. The van der Waals surface area contributed by atoms with Crippen molar-refractivity contribution in [3.8, 4) is 0 Å². The van der Waals surface area contributed by atoms with Crippen molar-refractivity contribution in [3.05, 3.63) is 94.5 Å². The second-order valence-corrected chi connectivity index (χ2v) is 11.5. The van der Waals surface area contributed by atoms with E-state index in [-0.39, 0.29) is 23.9 Å². The van der Waals surface area contributed by atoms with Gasteiger partial charge in [0.1, 0.15) is 6.54 Å². The molecule has 1 heterocycles. The topological polar surface area (TPSA) is 86.8 Å². The Balaban J connectivity index is 1.51. The molecule has 194 valence electrons. The first-order valence-corrected chi connectivity index (χ1v) is 13.9. The molecule has 1 saturated heterocycles. The fourth-order valence-electron chi connectivity index (χ4n) is 4.56. The Kier molecular flexibility index (Phi) is 7.97. The number of anilines is 1. The van der Waals surface area contributed by atoms with Gasteiger partial charge in [0.05, 0.1) is 10.6 Å². The fraction of sp³-hybridized carbons (Fsp3) is 0.310. The van der Waals surface area contributed by atoms with Gasteiger partial charge in [0.25, 0.3) is 10.0 Å². The largest absolute Gasteiger partial charge is 0.350 e. The Labute approximate surface area is 219 Å². The number of amides is 2. The molecule has 37 heavy (non-hydrogen) atoms. The molecule has 0 radical (unpaired) electrons. The molecule has 1 aliphatic rings. The lowest BCUT2D eigenvalue weighted by Gasteiger charge is -2.25. The zero-order valence-corrected chi connectivity index (χ0v) is 22.3. The van der Waals surface area contributed by atoms with Gasteiger partial charge in [-0.15, -0.1) is 0 Å². The molecule has 2 amide bonds. The van der Waals surface area contributed by atoms with Crippen LogP contribution in [0.2, 0.25) is 0 Å². The minimum absolute atomic E-state index is 0.134. The highest BCUT2D eigenvalue weighted by Crippen LogP contribution is 2.26. The van der Waals surface area contributed by atoms with E-state index in [1.807, 2.05) is 56.0 Å². The summed E-state index contributed by atoms with van der Waals surface area (Å²) in [5, 5.41) is 2.87. The van der Waals surface area contributed by atoms with Gasteiger partial charge in [0.2, 0.25) is 11.8 Å². The van der Waals surface area contributed by atoms with Crippen LogP contribution in [-0.4, -0.2) is 38.2 Å². The minimum Gasteiger partial charge on any atom is -0.350 e. The minimum atomic E-state index is -3.97. The predicted octanol–water partition coefficient (Wildman–Crippen LogP) is 4.25. The highest BCUT2D eigenvalue weighted by Gasteiger charge is 2.27. The van der Waals surface area contributed by atoms with E-state index in [1.165, 1.54) is 4.31 Å². The van der Waals surface area contributed by atoms with Crippen molar-refractivity contribution in [2.24, 2.45) is 0 Å². The molecule has 0 atom stereocenters. The second kappa shape index (κ2) is 11.2. The van der Waals surface area contributed by atoms with Crippen LogP contribution in [0.4, 0.5) is 5.69 Å². The summed E-state index contributed by atoms with van der Waals surface area (Å²) in [6, 6.07) is 19.9. The first-order valence-electron chi connectivity index (χ1n) is 12.4. The SMILES string of the molecule is Cc1ccc(S(=O)(=O)N(CC(=O)NCc2cccc(CN3CCCC3=O)c2)c2cc(C)cc(C)c2)cc1. The van der Waals surface area contributed by atoms with Crippen LogP contribution in [0.5, 0.6) is 0 Å². The van der Waals surface area contributed by atoms with E-state index < -0.39 is 15.9 Å². The number of aryl methyl sites for hydroxylation is 3. The third kappa shape index (κ3) is 6.57. The quantitative estimate of drug-likeness (QED) is 0.458. The van der Waals surface area contributed by atoms with Crippen molar-refractivity contribution in [2.75, 3.05) is 17.4 Å². The van der Waals surface area contributed by atoms with Gasteiger partial charge < -0.3 is 10.2 Å². The molecule has 0 unspecified atom stereocenters. The summed E-state index contributed by atoms with van der Waals surface area (Å²) in [6.45, 7) is 6.92. The normalized spacial score (nSPS) is 13.6. The summed E-state index contributed by atoms with van der Waals surface area (Å²) >= 11 is 0. The number of likely N-dealkylation sites (tertiary alicyclic amines) is 1. The third-order valence-electron chi connectivity index (χ3n) is 6.42. The predicted molar refractivity (Wildman–Crippen MR) is 145 cm³/mol. The number of hydrogen-bond acceptors (Lipinski definition) is 4. The van der Waals surface area contributed by atoms with Gasteiger partial charge in [-0.2, -0.15) is 0 Å². The highest BCUT2D eigenvalue weighted by molar-refractivity contribution is 7.92. The molecule has 1 aliphatic heterocycles. The highest BCUT2D eigenvalue weighted by atomic mass is 32.2. The van der Waals surface area contributed by atoms with Crippen molar-refractivity contribution in [2.45, 2.75) is 51.6 Å². The molecule has 0 bridgehead atoms. The van der Waals surface area contributed by atoms with E-state index in [2.05, 4.69) is 5.32 Å². The first-order chi connectivity index (χ1) is 17.6. The van der Waals surface area contributed by atoms with Crippen LogP contribution in [-0.2, 0) is 32.7 Å². The van der Waals surface area contributed by atoms with Gasteiger partial charge in [-0.3, -0.25) is 13.9 Å². The number of sulfonamides is 1. The molecule has 8 heteroatoms. The van der Waals surface area contributed by atoms with Crippen molar-refractivity contribution < 1.29 is 18.0 Å². The molecule has 0 aromatic heterocycles. The van der Waals surface area contributed by atoms with E-state index in [0.717, 1.165) is 40.8 Å². The molecule has 3 aromatic carbocycles. The van der Waals surface area contributed by atoms with Crippen molar-refractivity contribution >= 4 is 27.5 Å². The maximum atomic E-state index is 13.6. The lowest BCUT2D eigenvalue weighted by Crippen LogP contribution is -2.40. The summed E-state index contributed by atoms with van der Waals surface area (Å²) in [4.78, 5) is 27.0. The standard InChI is InChI=1S/C29H33N3O4S/c1-21-9-11-27(12-10-21)37(35,36)32(26-15-22(2)14-23(3)16-26)20-28(33)30-18-24-6-4-7-25(17-24)19-31-13-5-8-29(31)34/h4,6-7,9-12,14-17H,5,8,13,18-20H2,1-3H3,(H,30,33). The maximum Gasteiger partial charge on any atom is 0.264 e. The van der Waals surface area contributed by atoms with Gasteiger partial charge >= 0.3 is 0 Å². The number of nitrogens with zero attached hydrogens (tertiary/aromatic N) is 2. The fourth-order valence-corrected chi connectivity index (χ4v) is 5.97. The van der Waals surface area contributed by atoms with E-state index in [1.54, 1.807) is 36.4 Å². The lowest BCUT2D eigenvalue weighted by molar-refractivity contribution is -0.128. The molecule has 1 fully saturated rings. The molecule has 0 spiro atoms. The van der Waals surface area contributed by atoms with Crippen molar-refractivity contribution in [1.82, 2.24) is 10.2 Å². The number of hydrogen-bond donors (Lipinski definition) is 1. The number of benzene rings is 3. The number of rotatable bonds is 9. The zero-order valence-electron chi connectivity index (χ0n) is 21.5. The smallest absolute Gasteiger partial charge is 0.264 e. The van der Waals surface area contributed by atoms with E-state index in [0.29, 0.717) is 18.7 Å². The number of carbonyl (C=O) groups excluding carboxylic acids is 2. The monoisotopic (exact) mass is 519 g/mol. The molecule has 3 aromatic rings. The van der Waals surface area contributed by atoms with Gasteiger partial charge in [0, 0.05) is 26.1 Å². The average molecular weight is 520 g/mol. The Morgan fingerprint density at radius 1 is 0.919 bits per heavy atom. The molecule has 0 saturated carbocycles. The van der Waals surface area contributed by atoms with Crippen molar-refractivity contribution in [1.29, 1.82) is 0 Å².